The molecule has 7 nitrogen and oxygen atoms in total. The van der Waals surface area contributed by atoms with Crippen LogP contribution in [0.1, 0.15) is 11.3 Å². The average Bonchev–Trinajstić information content (AvgIpc) is 3.24. The van der Waals surface area contributed by atoms with Gasteiger partial charge in [0.1, 0.15) is 11.3 Å². The van der Waals surface area contributed by atoms with Crippen LogP contribution in [0.5, 0.6) is 0 Å². The molecule has 0 unspecified atom stereocenters. The van der Waals surface area contributed by atoms with Crippen molar-refractivity contribution in [3.8, 4) is 0 Å². The number of fused-ring (bicyclic) bond motifs is 1. The number of hydrogen-bond acceptors (Lipinski definition) is 4. The Morgan fingerprint density at radius 1 is 1.12 bits per heavy atom. The van der Waals surface area contributed by atoms with Crippen LogP contribution in [0.3, 0.4) is 0 Å². The maximum absolute atomic E-state index is 12.7. The molecule has 0 saturated carbocycles. The van der Waals surface area contributed by atoms with Gasteiger partial charge in [-0.05, 0) is 24.3 Å². The number of barbiturate groups is 1. The summed E-state index contributed by atoms with van der Waals surface area (Å²) >= 11 is 0. The zero-order valence-corrected chi connectivity index (χ0v) is 13.9. The Morgan fingerprint density at radius 3 is 2.69 bits per heavy atom. The van der Waals surface area contributed by atoms with Gasteiger partial charge in [0.05, 0.1) is 12.8 Å². The first-order valence-electron chi connectivity index (χ1n) is 8.00. The number of para-hydroxylation sites is 1. The van der Waals surface area contributed by atoms with Crippen molar-refractivity contribution in [3.63, 3.8) is 0 Å². The largest absolute Gasteiger partial charge is 0.467 e. The first kappa shape index (κ1) is 15.9. The standard InChI is InChI=1S/C19H15N3O4/c1-21-10-12(14-6-2-3-7-16(14)21)9-15-17(23)20-19(25)22(18(15)24)11-13-5-4-8-26-13/h2-10H,11H2,1H3,(H,20,23,25)/b15-9+. The normalized spacial score (nSPS) is 16.6. The fourth-order valence-electron chi connectivity index (χ4n) is 3.04. The van der Waals surface area contributed by atoms with E-state index in [2.05, 4.69) is 5.32 Å². The lowest BCUT2D eigenvalue weighted by Crippen LogP contribution is -2.53. The second-order valence-electron chi connectivity index (χ2n) is 6.00. The average molecular weight is 349 g/mol. The molecule has 1 saturated heterocycles. The number of hydrogen-bond donors (Lipinski definition) is 1. The van der Waals surface area contributed by atoms with Crippen LogP contribution in [0.15, 0.2) is 58.8 Å². The minimum atomic E-state index is -0.758. The van der Waals surface area contributed by atoms with E-state index in [1.165, 1.54) is 12.3 Å². The van der Waals surface area contributed by atoms with E-state index in [4.69, 9.17) is 4.42 Å². The predicted octanol–water partition coefficient (Wildman–Crippen LogP) is 2.43. The molecule has 0 spiro atoms. The highest BCUT2D eigenvalue weighted by molar-refractivity contribution is 6.31. The molecule has 1 aromatic carbocycles. The molecule has 7 heteroatoms. The number of aromatic nitrogens is 1. The number of nitrogens with zero attached hydrogens (tertiary/aromatic N) is 2. The van der Waals surface area contributed by atoms with Gasteiger partial charge in [-0.15, -0.1) is 0 Å². The van der Waals surface area contributed by atoms with Crippen LogP contribution in [0.25, 0.3) is 17.0 Å². The highest BCUT2D eigenvalue weighted by atomic mass is 16.3. The summed E-state index contributed by atoms with van der Waals surface area (Å²) in [5, 5.41) is 3.12. The first-order valence-corrected chi connectivity index (χ1v) is 8.00. The number of benzene rings is 1. The lowest BCUT2D eigenvalue weighted by molar-refractivity contribution is -0.130. The van der Waals surface area contributed by atoms with Gasteiger partial charge in [0.25, 0.3) is 11.8 Å². The number of furan rings is 1. The van der Waals surface area contributed by atoms with Crippen molar-refractivity contribution < 1.29 is 18.8 Å². The topological polar surface area (TPSA) is 84.6 Å². The molecule has 0 atom stereocenters. The number of aryl methyl sites for hydroxylation is 1. The van der Waals surface area contributed by atoms with Crippen molar-refractivity contribution in [3.05, 3.63) is 65.8 Å². The number of imide groups is 2. The van der Waals surface area contributed by atoms with Crippen LogP contribution in [0.4, 0.5) is 4.79 Å². The van der Waals surface area contributed by atoms with E-state index in [9.17, 15) is 14.4 Å². The molecule has 1 fully saturated rings. The number of amides is 4. The Kier molecular flexibility index (Phi) is 3.69. The van der Waals surface area contributed by atoms with Crippen molar-refractivity contribution in [2.24, 2.45) is 7.05 Å². The summed E-state index contributed by atoms with van der Waals surface area (Å²) in [5.41, 5.74) is 1.62. The van der Waals surface area contributed by atoms with E-state index in [1.54, 1.807) is 12.1 Å². The molecule has 130 valence electrons. The van der Waals surface area contributed by atoms with Crippen LogP contribution in [-0.2, 0) is 23.2 Å². The Bertz CT molecular complexity index is 1060. The molecule has 1 aliphatic heterocycles. The molecular formula is C19H15N3O4. The fourth-order valence-corrected chi connectivity index (χ4v) is 3.04. The monoisotopic (exact) mass is 349 g/mol. The first-order chi connectivity index (χ1) is 12.5. The van der Waals surface area contributed by atoms with Crippen LogP contribution >= 0.6 is 0 Å². The van der Waals surface area contributed by atoms with Crippen molar-refractivity contribution in [2.45, 2.75) is 6.54 Å². The van der Waals surface area contributed by atoms with Gasteiger partial charge in [-0.3, -0.25) is 19.8 Å². The molecular weight excluding hydrogens is 334 g/mol. The predicted molar refractivity (Wildman–Crippen MR) is 93.7 cm³/mol. The van der Waals surface area contributed by atoms with Crippen LogP contribution in [0, 0.1) is 0 Å². The van der Waals surface area contributed by atoms with Gasteiger partial charge in [0.15, 0.2) is 0 Å². The van der Waals surface area contributed by atoms with Crippen LogP contribution < -0.4 is 5.32 Å². The Morgan fingerprint density at radius 2 is 1.92 bits per heavy atom. The number of urea groups is 1. The zero-order valence-electron chi connectivity index (χ0n) is 13.9. The van der Waals surface area contributed by atoms with Crippen molar-refractivity contribution in [1.29, 1.82) is 0 Å². The number of rotatable bonds is 3. The lowest BCUT2D eigenvalue weighted by atomic mass is 10.1. The van der Waals surface area contributed by atoms with Gasteiger partial charge in [0.2, 0.25) is 0 Å². The summed E-state index contributed by atoms with van der Waals surface area (Å²) in [6.45, 7) is -0.0438. The SMILES string of the molecule is Cn1cc(/C=C2\C(=O)NC(=O)N(Cc3ccco3)C2=O)c2ccccc21. The quantitative estimate of drug-likeness (QED) is 0.581. The Balaban J connectivity index is 1.74. The molecule has 1 aliphatic rings. The number of nitrogens with one attached hydrogen (secondary N) is 1. The Hall–Kier alpha value is -3.61. The summed E-state index contributed by atoms with van der Waals surface area (Å²) in [6, 6.07) is 10.2. The molecule has 1 N–H and O–H groups in total. The molecule has 0 bridgehead atoms. The minimum Gasteiger partial charge on any atom is -0.467 e. The molecule has 3 aromatic rings. The third-order valence-electron chi connectivity index (χ3n) is 4.31. The van der Waals surface area contributed by atoms with E-state index in [0.29, 0.717) is 5.76 Å². The maximum Gasteiger partial charge on any atom is 0.331 e. The van der Waals surface area contributed by atoms with Gasteiger partial charge in [-0.1, -0.05) is 18.2 Å². The third-order valence-corrected chi connectivity index (χ3v) is 4.31. The van der Waals surface area contributed by atoms with Crippen molar-refractivity contribution in [2.75, 3.05) is 0 Å². The summed E-state index contributed by atoms with van der Waals surface area (Å²) in [6.07, 6.45) is 4.81. The molecule has 2 aromatic heterocycles. The second-order valence-corrected chi connectivity index (χ2v) is 6.00. The highest BCUT2D eigenvalue weighted by Crippen LogP contribution is 2.24. The summed E-state index contributed by atoms with van der Waals surface area (Å²) in [5.74, 6) is -0.904. The minimum absolute atomic E-state index is 0.0438. The van der Waals surface area contributed by atoms with Crippen molar-refractivity contribution in [1.82, 2.24) is 14.8 Å². The van der Waals surface area contributed by atoms with E-state index >= 15 is 0 Å². The van der Waals surface area contributed by atoms with Gasteiger partial charge in [-0.25, -0.2) is 4.79 Å². The fraction of sp³-hybridized carbons (Fsp3) is 0.105. The molecule has 3 heterocycles. The third kappa shape index (κ3) is 2.59. The van der Waals surface area contributed by atoms with Gasteiger partial charge >= 0.3 is 6.03 Å². The summed E-state index contributed by atoms with van der Waals surface area (Å²) in [4.78, 5) is 38.0. The molecule has 4 rings (SSSR count). The van der Waals surface area contributed by atoms with Crippen LogP contribution in [0.2, 0.25) is 0 Å². The molecule has 0 radical (unpaired) electrons. The molecule has 0 aliphatic carbocycles. The summed E-state index contributed by atoms with van der Waals surface area (Å²) in [7, 11) is 1.89. The van der Waals surface area contributed by atoms with Gasteiger partial charge in [-0.2, -0.15) is 0 Å². The number of carbonyl (C=O) groups is 3. The van der Waals surface area contributed by atoms with Crippen LogP contribution in [-0.4, -0.2) is 27.3 Å². The van der Waals surface area contributed by atoms with E-state index in [1.807, 2.05) is 42.1 Å². The summed E-state index contributed by atoms with van der Waals surface area (Å²) < 4.78 is 7.11. The van der Waals surface area contributed by atoms with E-state index in [0.717, 1.165) is 21.4 Å². The lowest BCUT2D eigenvalue weighted by Gasteiger charge is -2.25. The highest BCUT2D eigenvalue weighted by Gasteiger charge is 2.36. The van der Waals surface area contributed by atoms with E-state index < -0.39 is 17.8 Å². The number of carbonyl (C=O) groups excluding carboxylic acids is 3. The van der Waals surface area contributed by atoms with Crippen molar-refractivity contribution >= 4 is 34.8 Å². The molecule has 4 amide bonds. The maximum atomic E-state index is 12.7. The second kappa shape index (κ2) is 6.03. The zero-order chi connectivity index (χ0) is 18.3. The molecule has 26 heavy (non-hydrogen) atoms. The van der Waals surface area contributed by atoms with E-state index in [-0.39, 0.29) is 12.1 Å². The van der Waals surface area contributed by atoms with Gasteiger partial charge < -0.3 is 8.98 Å². The smallest absolute Gasteiger partial charge is 0.331 e. The van der Waals surface area contributed by atoms with Gasteiger partial charge in [0, 0.05) is 29.7 Å². The Labute approximate surface area is 148 Å².